The molecule has 1 heterocycles. The van der Waals surface area contributed by atoms with Crippen LogP contribution in [0.5, 0.6) is 0 Å². The van der Waals surface area contributed by atoms with Gasteiger partial charge in [-0.1, -0.05) is 28.9 Å². The van der Waals surface area contributed by atoms with E-state index in [0.717, 1.165) is 23.5 Å². The molecule has 82 valence electrons. The normalized spacial score (nSPS) is 21.0. The molecule has 0 aromatic heterocycles. The molecule has 1 aromatic rings. The van der Waals surface area contributed by atoms with E-state index in [1.807, 2.05) is 0 Å². The van der Waals surface area contributed by atoms with Crippen LogP contribution >= 0.6 is 15.9 Å². The van der Waals surface area contributed by atoms with Crippen LogP contribution in [0.2, 0.25) is 0 Å². The minimum Gasteiger partial charge on any atom is -0.371 e. The van der Waals surface area contributed by atoms with Crippen LogP contribution in [0, 0.1) is 5.92 Å². The molecule has 0 bridgehead atoms. The lowest BCUT2D eigenvalue weighted by Gasteiger charge is -2.22. The van der Waals surface area contributed by atoms with Gasteiger partial charge in [-0.15, -0.1) is 0 Å². The Morgan fingerprint density at radius 2 is 2.33 bits per heavy atom. The Labute approximate surface area is 99.6 Å². The van der Waals surface area contributed by atoms with Gasteiger partial charge in [0.25, 0.3) is 0 Å². The summed E-state index contributed by atoms with van der Waals surface area (Å²) >= 11 is 3.56. The standard InChI is InChI=1S/C12H17BrN2/c1-9-5-6-15(8-9)12-4-2-3-11(13)10(12)7-14/h2-4,9H,5-8,14H2,1H3. The predicted molar refractivity (Wildman–Crippen MR) is 68.0 cm³/mol. The van der Waals surface area contributed by atoms with Gasteiger partial charge in [-0.2, -0.15) is 0 Å². The van der Waals surface area contributed by atoms with E-state index in [4.69, 9.17) is 5.73 Å². The van der Waals surface area contributed by atoms with E-state index >= 15 is 0 Å². The molecule has 0 aliphatic carbocycles. The Morgan fingerprint density at radius 1 is 1.53 bits per heavy atom. The zero-order valence-corrected chi connectivity index (χ0v) is 10.6. The lowest BCUT2D eigenvalue weighted by Crippen LogP contribution is -2.21. The van der Waals surface area contributed by atoms with Crippen LogP contribution < -0.4 is 10.6 Å². The quantitative estimate of drug-likeness (QED) is 0.894. The van der Waals surface area contributed by atoms with E-state index < -0.39 is 0 Å². The summed E-state index contributed by atoms with van der Waals surface area (Å²) in [6.07, 6.45) is 1.29. The number of nitrogens with two attached hydrogens (primary N) is 1. The first-order valence-corrected chi connectivity index (χ1v) is 6.24. The summed E-state index contributed by atoms with van der Waals surface area (Å²) in [5.41, 5.74) is 8.33. The van der Waals surface area contributed by atoms with Crippen LogP contribution in [0.4, 0.5) is 5.69 Å². The largest absolute Gasteiger partial charge is 0.371 e. The van der Waals surface area contributed by atoms with E-state index in [9.17, 15) is 0 Å². The van der Waals surface area contributed by atoms with Crippen LogP contribution in [-0.4, -0.2) is 13.1 Å². The Bertz CT molecular complexity index is 351. The molecule has 1 unspecified atom stereocenters. The van der Waals surface area contributed by atoms with Gasteiger partial charge >= 0.3 is 0 Å². The lowest BCUT2D eigenvalue weighted by atomic mass is 10.1. The van der Waals surface area contributed by atoms with Gasteiger partial charge in [0.15, 0.2) is 0 Å². The van der Waals surface area contributed by atoms with E-state index in [0.29, 0.717) is 6.54 Å². The van der Waals surface area contributed by atoms with E-state index in [-0.39, 0.29) is 0 Å². The van der Waals surface area contributed by atoms with Crippen molar-refractivity contribution < 1.29 is 0 Å². The first-order chi connectivity index (χ1) is 7.22. The number of nitrogens with zero attached hydrogens (tertiary/aromatic N) is 1. The van der Waals surface area contributed by atoms with Gasteiger partial charge in [0.2, 0.25) is 0 Å². The molecule has 0 saturated carbocycles. The summed E-state index contributed by atoms with van der Waals surface area (Å²) < 4.78 is 1.13. The van der Waals surface area contributed by atoms with Crippen LogP contribution in [-0.2, 0) is 6.54 Å². The monoisotopic (exact) mass is 268 g/mol. The third kappa shape index (κ3) is 2.18. The Balaban J connectivity index is 2.31. The van der Waals surface area contributed by atoms with Gasteiger partial charge in [0.1, 0.15) is 0 Å². The van der Waals surface area contributed by atoms with Crippen molar-refractivity contribution in [3.8, 4) is 0 Å². The van der Waals surface area contributed by atoms with Gasteiger partial charge in [0, 0.05) is 35.4 Å². The van der Waals surface area contributed by atoms with Crippen molar-refractivity contribution in [1.82, 2.24) is 0 Å². The number of hydrogen-bond acceptors (Lipinski definition) is 2. The summed E-state index contributed by atoms with van der Waals surface area (Å²) in [7, 11) is 0. The SMILES string of the molecule is CC1CCN(c2cccc(Br)c2CN)C1. The van der Waals surface area contributed by atoms with Gasteiger partial charge < -0.3 is 10.6 Å². The molecular formula is C12H17BrN2. The summed E-state index contributed by atoms with van der Waals surface area (Å²) in [5, 5.41) is 0. The van der Waals surface area contributed by atoms with Gasteiger partial charge in [-0.05, 0) is 24.5 Å². The second-order valence-electron chi connectivity index (χ2n) is 4.28. The maximum atomic E-state index is 5.80. The van der Waals surface area contributed by atoms with Crippen LogP contribution in [0.1, 0.15) is 18.9 Å². The van der Waals surface area contributed by atoms with Crippen molar-refractivity contribution in [3.63, 3.8) is 0 Å². The van der Waals surface area contributed by atoms with Crippen molar-refractivity contribution in [2.45, 2.75) is 19.9 Å². The Morgan fingerprint density at radius 3 is 2.93 bits per heavy atom. The molecule has 1 aliphatic rings. The molecule has 0 amide bonds. The van der Waals surface area contributed by atoms with E-state index in [1.54, 1.807) is 0 Å². The summed E-state index contributed by atoms with van der Waals surface area (Å²) in [5.74, 6) is 0.801. The highest BCUT2D eigenvalue weighted by molar-refractivity contribution is 9.10. The average Bonchev–Trinajstić information content (AvgIpc) is 2.64. The molecule has 1 atom stereocenters. The molecular weight excluding hydrogens is 252 g/mol. The molecule has 1 aliphatic heterocycles. The third-order valence-corrected chi connectivity index (χ3v) is 3.81. The molecule has 15 heavy (non-hydrogen) atoms. The molecule has 2 nitrogen and oxygen atoms in total. The van der Waals surface area contributed by atoms with Crippen molar-refractivity contribution >= 4 is 21.6 Å². The molecule has 0 spiro atoms. The number of benzene rings is 1. The minimum atomic E-state index is 0.599. The van der Waals surface area contributed by atoms with E-state index in [1.165, 1.54) is 17.7 Å². The van der Waals surface area contributed by atoms with Crippen LogP contribution in [0.3, 0.4) is 0 Å². The number of hydrogen-bond donors (Lipinski definition) is 1. The number of rotatable bonds is 2. The summed E-state index contributed by atoms with van der Waals surface area (Å²) in [6.45, 7) is 5.22. The van der Waals surface area contributed by atoms with Crippen molar-refractivity contribution in [2.24, 2.45) is 11.7 Å². The average molecular weight is 269 g/mol. The Kier molecular flexibility index (Phi) is 3.32. The lowest BCUT2D eigenvalue weighted by molar-refractivity contribution is 0.659. The van der Waals surface area contributed by atoms with Crippen LogP contribution in [0.15, 0.2) is 22.7 Å². The van der Waals surface area contributed by atoms with E-state index in [2.05, 4.69) is 46.0 Å². The molecule has 2 rings (SSSR count). The highest BCUT2D eigenvalue weighted by Crippen LogP contribution is 2.31. The highest BCUT2D eigenvalue weighted by Gasteiger charge is 2.21. The summed E-state index contributed by atoms with van der Waals surface area (Å²) in [4.78, 5) is 2.44. The van der Waals surface area contributed by atoms with Gasteiger partial charge in [-0.3, -0.25) is 0 Å². The molecule has 1 aromatic carbocycles. The van der Waals surface area contributed by atoms with Crippen LogP contribution in [0.25, 0.3) is 0 Å². The second kappa shape index (κ2) is 4.54. The zero-order valence-electron chi connectivity index (χ0n) is 9.04. The van der Waals surface area contributed by atoms with Crippen molar-refractivity contribution in [3.05, 3.63) is 28.2 Å². The number of halogens is 1. The first-order valence-electron chi connectivity index (χ1n) is 5.44. The molecule has 2 N–H and O–H groups in total. The minimum absolute atomic E-state index is 0.599. The fourth-order valence-electron chi connectivity index (χ4n) is 2.20. The fraction of sp³-hybridized carbons (Fsp3) is 0.500. The van der Waals surface area contributed by atoms with Gasteiger partial charge in [-0.25, -0.2) is 0 Å². The first kappa shape index (κ1) is 11.0. The maximum Gasteiger partial charge on any atom is 0.0423 e. The fourth-order valence-corrected chi connectivity index (χ4v) is 2.72. The number of anilines is 1. The highest BCUT2D eigenvalue weighted by atomic mass is 79.9. The Hall–Kier alpha value is -0.540. The molecule has 0 radical (unpaired) electrons. The zero-order chi connectivity index (χ0) is 10.8. The third-order valence-electron chi connectivity index (χ3n) is 3.06. The topological polar surface area (TPSA) is 29.3 Å². The smallest absolute Gasteiger partial charge is 0.0423 e. The van der Waals surface area contributed by atoms with Gasteiger partial charge in [0.05, 0.1) is 0 Å². The summed E-state index contributed by atoms with van der Waals surface area (Å²) in [6, 6.07) is 6.32. The predicted octanol–water partition coefficient (Wildman–Crippen LogP) is 2.75. The second-order valence-corrected chi connectivity index (χ2v) is 5.14. The maximum absolute atomic E-state index is 5.80. The van der Waals surface area contributed by atoms with Crippen molar-refractivity contribution in [2.75, 3.05) is 18.0 Å². The molecule has 1 saturated heterocycles. The van der Waals surface area contributed by atoms with Crippen molar-refractivity contribution in [1.29, 1.82) is 0 Å². The molecule has 3 heteroatoms. The molecule has 1 fully saturated rings.